The molecule has 1 saturated carbocycles. The lowest BCUT2D eigenvalue weighted by atomic mass is 9.86. The molecule has 1 N–H and O–H groups in total. The van der Waals surface area contributed by atoms with Crippen LogP contribution in [-0.4, -0.2) is 26.7 Å². The molecule has 27 heavy (non-hydrogen) atoms. The van der Waals surface area contributed by atoms with Crippen LogP contribution in [0.5, 0.6) is 0 Å². The highest BCUT2D eigenvalue weighted by atomic mass is 35.5. The molecule has 2 aliphatic carbocycles. The van der Waals surface area contributed by atoms with E-state index in [1.54, 1.807) is 12.3 Å². The summed E-state index contributed by atoms with van der Waals surface area (Å²) in [6.07, 6.45) is 9.45. The standard InChI is InChI=1S/C21H27ClN4O/c1-13-19(10-16(22)11-23-13)21(27)24-17-8-6-15(7-9-17)12-26-14(2)18-4-3-5-20(18)25-26/h10-11,15,17H,3-9,12H2,1-2H3,(H,24,27). The van der Waals surface area contributed by atoms with Crippen LogP contribution in [0.2, 0.25) is 5.02 Å². The van der Waals surface area contributed by atoms with Crippen molar-refractivity contribution in [1.29, 1.82) is 0 Å². The molecule has 0 saturated heterocycles. The van der Waals surface area contributed by atoms with Gasteiger partial charge in [-0.1, -0.05) is 11.6 Å². The molecule has 0 spiro atoms. The first-order valence-corrected chi connectivity index (χ1v) is 10.4. The normalized spacial score (nSPS) is 21.9. The number of hydrogen-bond acceptors (Lipinski definition) is 3. The lowest BCUT2D eigenvalue weighted by molar-refractivity contribution is 0.0919. The number of carbonyl (C=O) groups is 1. The summed E-state index contributed by atoms with van der Waals surface area (Å²) in [7, 11) is 0. The largest absolute Gasteiger partial charge is 0.349 e. The monoisotopic (exact) mass is 386 g/mol. The molecule has 4 rings (SSSR count). The molecule has 2 aliphatic rings. The molecule has 0 aromatic carbocycles. The molecule has 0 radical (unpaired) electrons. The van der Waals surface area contributed by atoms with Crippen molar-refractivity contribution in [2.75, 3.05) is 0 Å². The Hall–Kier alpha value is -1.88. The van der Waals surface area contributed by atoms with E-state index >= 15 is 0 Å². The number of fused-ring (bicyclic) bond motifs is 1. The molecule has 6 heteroatoms. The molecule has 0 aliphatic heterocycles. The maximum Gasteiger partial charge on any atom is 0.253 e. The zero-order valence-corrected chi connectivity index (χ0v) is 16.9. The van der Waals surface area contributed by atoms with Crippen molar-refractivity contribution in [1.82, 2.24) is 20.1 Å². The zero-order valence-electron chi connectivity index (χ0n) is 16.1. The molecular formula is C21H27ClN4O. The predicted molar refractivity (Wildman–Crippen MR) is 106 cm³/mol. The van der Waals surface area contributed by atoms with Crippen molar-refractivity contribution in [3.05, 3.63) is 45.5 Å². The number of aryl methyl sites for hydroxylation is 2. The molecule has 2 aromatic rings. The van der Waals surface area contributed by atoms with Gasteiger partial charge in [-0.05, 0) is 76.3 Å². The number of halogens is 1. The van der Waals surface area contributed by atoms with Crippen molar-refractivity contribution < 1.29 is 4.79 Å². The van der Waals surface area contributed by atoms with Gasteiger partial charge in [0.1, 0.15) is 0 Å². The summed E-state index contributed by atoms with van der Waals surface area (Å²) in [5, 5.41) is 8.50. The van der Waals surface area contributed by atoms with Crippen molar-refractivity contribution >= 4 is 17.5 Å². The van der Waals surface area contributed by atoms with Gasteiger partial charge in [-0.2, -0.15) is 5.10 Å². The minimum Gasteiger partial charge on any atom is -0.349 e. The first kappa shape index (κ1) is 18.5. The van der Waals surface area contributed by atoms with E-state index in [9.17, 15) is 4.79 Å². The number of nitrogens with zero attached hydrogens (tertiary/aromatic N) is 3. The fourth-order valence-electron chi connectivity index (χ4n) is 4.52. The van der Waals surface area contributed by atoms with E-state index in [4.69, 9.17) is 16.7 Å². The highest BCUT2D eigenvalue weighted by molar-refractivity contribution is 6.30. The number of nitrogens with one attached hydrogen (secondary N) is 1. The van der Waals surface area contributed by atoms with Gasteiger partial charge in [0.15, 0.2) is 0 Å². The van der Waals surface area contributed by atoms with Gasteiger partial charge in [0, 0.05) is 24.5 Å². The van der Waals surface area contributed by atoms with Gasteiger partial charge in [-0.25, -0.2) is 0 Å². The van der Waals surface area contributed by atoms with E-state index < -0.39 is 0 Å². The second kappa shape index (κ2) is 7.63. The fourth-order valence-corrected chi connectivity index (χ4v) is 4.67. The molecule has 0 bridgehead atoms. The van der Waals surface area contributed by atoms with Crippen molar-refractivity contribution in [2.24, 2.45) is 5.92 Å². The number of rotatable bonds is 4. The lowest BCUT2D eigenvalue weighted by Gasteiger charge is -2.29. The summed E-state index contributed by atoms with van der Waals surface area (Å²) in [4.78, 5) is 16.7. The number of carbonyl (C=O) groups excluding carboxylic acids is 1. The number of amides is 1. The molecule has 144 valence electrons. The van der Waals surface area contributed by atoms with Crippen molar-refractivity contribution in [2.45, 2.75) is 71.4 Å². The van der Waals surface area contributed by atoms with E-state index in [-0.39, 0.29) is 11.9 Å². The smallest absolute Gasteiger partial charge is 0.253 e. The Labute approximate surface area is 165 Å². The van der Waals surface area contributed by atoms with Crippen LogP contribution in [0.3, 0.4) is 0 Å². The summed E-state index contributed by atoms with van der Waals surface area (Å²) >= 11 is 5.99. The van der Waals surface area contributed by atoms with Gasteiger partial charge in [0.2, 0.25) is 0 Å². The van der Waals surface area contributed by atoms with Gasteiger partial charge in [0.05, 0.1) is 22.0 Å². The second-order valence-electron chi connectivity index (χ2n) is 8.02. The predicted octanol–water partition coefficient (Wildman–Crippen LogP) is 4.03. The van der Waals surface area contributed by atoms with Crippen LogP contribution < -0.4 is 5.32 Å². The van der Waals surface area contributed by atoms with E-state index in [1.165, 1.54) is 29.8 Å². The summed E-state index contributed by atoms with van der Waals surface area (Å²) in [5.74, 6) is 0.580. The minimum atomic E-state index is -0.0645. The quantitative estimate of drug-likeness (QED) is 0.863. The number of pyridine rings is 1. The van der Waals surface area contributed by atoms with Crippen LogP contribution in [0.1, 0.15) is 65.1 Å². The maximum atomic E-state index is 12.6. The Morgan fingerprint density at radius 1 is 1.26 bits per heavy atom. The first-order valence-electron chi connectivity index (χ1n) is 9.99. The molecular weight excluding hydrogens is 360 g/mol. The summed E-state index contributed by atoms with van der Waals surface area (Å²) in [5.41, 5.74) is 5.46. The molecule has 0 atom stereocenters. The third kappa shape index (κ3) is 3.88. The fraction of sp³-hybridized carbons (Fsp3) is 0.571. The van der Waals surface area contributed by atoms with Crippen LogP contribution in [0, 0.1) is 19.8 Å². The Morgan fingerprint density at radius 3 is 2.78 bits per heavy atom. The molecule has 2 heterocycles. The lowest BCUT2D eigenvalue weighted by Crippen LogP contribution is -2.38. The van der Waals surface area contributed by atoms with Gasteiger partial charge < -0.3 is 5.32 Å². The van der Waals surface area contributed by atoms with Gasteiger partial charge in [-0.3, -0.25) is 14.5 Å². The Morgan fingerprint density at radius 2 is 2.04 bits per heavy atom. The zero-order chi connectivity index (χ0) is 19.0. The van der Waals surface area contributed by atoms with Crippen LogP contribution in [0.25, 0.3) is 0 Å². The first-order chi connectivity index (χ1) is 13.0. The molecule has 1 amide bonds. The molecule has 0 unspecified atom stereocenters. The SMILES string of the molecule is Cc1ncc(Cl)cc1C(=O)NC1CCC(Cn2nc3c(c2C)CCC3)CC1. The third-order valence-electron chi connectivity index (χ3n) is 6.17. The van der Waals surface area contributed by atoms with E-state index in [0.29, 0.717) is 22.2 Å². The summed E-state index contributed by atoms with van der Waals surface area (Å²) < 4.78 is 2.23. The highest BCUT2D eigenvalue weighted by Gasteiger charge is 2.26. The average Bonchev–Trinajstić information content (AvgIpc) is 3.22. The van der Waals surface area contributed by atoms with Gasteiger partial charge in [0.25, 0.3) is 5.91 Å². The van der Waals surface area contributed by atoms with Crippen molar-refractivity contribution in [3.8, 4) is 0 Å². The maximum absolute atomic E-state index is 12.6. The average molecular weight is 387 g/mol. The van der Waals surface area contributed by atoms with Crippen LogP contribution in [0.4, 0.5) is 0 Å². The molecule has 5 nitrogen and oxygen atoms in total. The van der Waals surface area contributed by atoms with Crippen LogP contribution >= 0.6 is 11.6 Å². The Balaban J connectivity index is 1.31. The summed E-state index contributed by atoms with van der Waals surface area (Å²) in [6.45, 7) is 5.06. The number of aromatic nitrogens is 3. The highest BCUT2D eigenvalue weighted by Crippen LogP contribution is 2.29. The van der Waals surface area contributed by atoms with Gasteiger partial charge >= 0.3 is 0 Å². The van der Waals surface area contributed by atoms with E-state index in [0.717, 1.165) is 38.6 Å². The van der Waals surface area contributed by atoms with E-state index in [1.807, 2.05) is 6.92 Å². The summed E-state index contributed by atoms with van der Waals surface area (Å²) in [6, 6.07) is 1.93. The van der Waals surface area contributed by atoms with Crippen molar-refractivity contribution in [3.63, 3.8) is 0 Å². The molecule has 1 fully saturated rings. The van der Waals surface area contributed by atoms with Gasteiger partial charge in [-0.15, -0.1) is 0 Å². The molecule has 2 aromatic heterocycles. The Kier molecular flexibility index (Phi) is 5.22. The Bertz CT molecular complexity index is 852. The van der Waals surface area contributed by atoms with E-state index in [2.05, 4.69) is 21.9 Å². The van der Waals surface area contributed by atoms with Crippen LogP contribution in [0.15, 0.2) is 12.3 Å². The minimum absolute atomic E-state index is 0.0645. The number of hydrogen-bond donors (Lipinski definition) is 1. The topological polar surface area (TPSA) is 59.8 Å². The van der Waals surface area contributed by atoms with Crippen LogP contribution in [-0.2, 0) is 19.4 Å². The third-order valence-corrected chi connectivity index (χ3v) is 6.37. The second-order valence-corrected chi connectivity index (χ2v) is 8.46.